The molecule has 1 N–H and O–H groups in total. The molecule has 1 saturated heterocycles. The fourth-order valence-corrected chi connectivity index (χ4v) is 3.76. The molecule has 7 heteroatoms. The molecule has 146 valence electrons. The van der Waals surface area contributed by atoms with Crippen molar-refractivity contribution in [2.24, 2.45) is 5.92 Å². The van der Waals surface area contributed by atoms with E-state index in [4.69, 9.17) is 0 Å². The van der Waals surface area contributed by atoms with Crippen LogP contribution in [0.3, 0.4) is 0 Å². The summed E-state index contributed by atoms with van der Waals surface area (Å²) in [5.41, 5.74) is 1.54. The second kappa shape index (κ2) is 7.80. The van der Waals surface area contributed by atoms with Gasteiger partial charge in [-0.15, -0.1) is 0 Å². The average Bonchev–Trinajstić information content (AvgIpc) is 3.13. The number of aliphatic carboxylic acids is 1. The predicted molar refractivity (Wildman–Crippen MR) is 103 cm³/mol. The molecule has 0 spiro atoms. The quantitative estimate of drug-likeness (QED) is 0.628. The Morgan fingerprint density at radius 3 is 2.39 bits per heavy atom. The van der Waals surface area contributed by atoms with Gasteiger partial charge in [0.15, 0.2) is 0 Å². The van der Waals surface area contributed by atoms with Crippen molar-refractivity contribution < 1.29 is 19.6 Å². The number of hydrogen-bond acceptors (Lipinski definition) is 4. The van der Waals surface area contributed by atoms with Crippen molar-refractivity contribution in [1.82, 2.24) is 4.90 Å². The molecule has 2 aromatic rings. The van der Waals surface area contributed by atoms with Gasteiger partial charge < -0.3 is 10.0 Å². The van der Waals surface area contributed by atoms with Crippen LogP contribution >= 0.6 is 0 Å². The van der Waals surface area contributed by atoms with Crippen LogP contribution in [0.15, 0.2) is 48.5 Å². The molecule has 0 aromatic heterocycles. The van der Waals surface area contributed by atoms with Crippen LogP contribution in [0.25, 0.3) is 0 Å². The van der Waals surface area contributed by atoms with Crippen LogP contribution < -0.4 is 0 Å². The van der Waals surface area contributed by atoms with Gasteiger partial charge in [-0.1, -0.05) is 50.2 Å². The van der Waals surface area contributed by atoms with Crippen LogP contribution in [-0.4, -0.2) is 39.9 Å². The van der Waals surface area contributed by atoms with Gasteiger partial charge in [0.2, 0.25) is 0 Å². The summed E-state index contributed by atoms with van der Waals surface area (Å²) in [6.45, 7) is 4.05. The van der Waals surface area contributed by atoms with Gasteiger partial charge in [-0.25, -0.2) is 0 Å². The largest absolute Gasteiger partial charge is 0.481 e. The Morgan fingerprint density at radius 1 is 1.14 bits per heavy atom. The van der Waals surface area contributed by atoms with E-state index >= 15 is 0 Å². The van der Waals surface area contributed by atoms with E-state index in [0.29, 0.717) is 5.56 Å². The second-order valence-electron chi connectivity index (χ2n) is 7.36. The van der Waals surface area contributed by atoms with Crippen LogP contribution in [-0.2, 0) is 4.79 Å². The molecule has 3 rings (SSSR count). The SMILES string of the molecule is CC(C)c1ccc(C(=O)N2C[C@H](C(=O)O)[C@H](c3ccccc3)C2)cc1[N+](=O)[O-]. The standard InChI is InChI=1S/C21H22N2O5/c1-13(2)16-9-8-15(10-19(16)23(27)28)20(24)22-11-17(18(12-22)21(25)26)14-6-4-3-5-7-14/h3-10,13,17-18H,11-12H2,1-2H3,(H,25,26)/t17-,18-/m0/s1. The highest BCUT2D eigenvalue weighted by atomic mass is 16.6. The fourth-order valence-electron chi connectivity index (χ4n) is 3.76. The normalized spacial score (nSPS) is 19.0. The van der Waals surface area contributed by atoms with E-state index in [-0.39, 0.29) is 42.1 Å². The number of rotatable bonds is 5. The maximum absolute atomic E-state index is 13.0. The van der Waals surface area contributed by atoms with E-state index in [1.165, 1.54) is 11.0 Å². The van der Waals surface area contributed by atoms with Crippen molar-refractivity contribution in [1.29, 1.82) is 0 Å². The predicted octanol–water partition coefficient (Wildman–Crippen LogP) is 3.66. The van der Waals surface area contributed by atoms with Gasteiger partial charge >= 0.3 is 5.97 Å². The Kier molecular flexibility index (Phi) is 5.44. The Labute approximate surface area is 162 Å². The van der Waals surface area contributed by atoms with Crippen molar-refractivity contribution in [2.45, 2.75) is 25.7 Å². The topological polar surface area (TPSA) is 101 Å². The van der Waals surface area contributed by atoms with Crippen LogP contribution in [0.1, 0.15) is 47.2 Å². The van der Waals surface area contributed by atoms with Crippen molar-refractivity contribution in [3.8, 4) is 0 Å². The van der Waals surface area contributed by atoms with Crippen LogP contribution in [0.2, 0.25) is 0 Å². The highest BCUT2D eigenvalue weighted by Gasteiger charge is 2.40. The molecule has 0 saturated carbocycles. The van der Waals surface area contributed by atoms with E-state index < -0.39 is 16.8 Å². The zero-order chi connectivity index (χ0) is 20.4. The summed E-state index contributed by atoms with van der Waals surface area (Å²) in [4.78, 5) is 37.1. The first kappa shape index (κ1) is 19.5. The summed E-state index contributed by atoms with van der Waals surface area (Å²) in [7, 11) is 0. The Morgan fingerprint density at radius 2 is 1.82 bits per heavy atom. The number of amides is 1. The van der Waals surface area contributed by atoms with E-state index in [9.17, 15) is 24.8 Å². The zero-order valence-corrected chi connectivity index (χ0v) is 15.7. The first-order chi connectivity index (χ1) is 13.3. The average molecular weight is 382 g/mol. The molecule has 1 aliphatic rings. The molecule has 28 heavy (non-hydrogen) atoms. The minimum atomic E-state index is -0.953. The maximum Gasteiger partial charge on any atom is 0.308 e. The molecular weight excluding hydrogens is 360 g/mol. The van der Waals surface area contributed by atoms with Gasteiger partial charge in [-0.3, -0.25) is 19.7 Å². The maximum atomic E-state index is 13.0. The van der Waals surface area contributed by atoms with Gasteiger partial charge in [0.25, 0.3) is 11.6 Å². The number of carboxylic acids is 1. The van der Waals surface area contributed by atoms with Gasteiger partial charge in [-0.05, 0) is 17.5 Å². The first-order valence-electron chi connectivity index (χ1n) is 9.15. The van der Waals surface area contributed by atoms with Crippen molar-refractivity contribution in [3.63, 3.8) is 0 Å². The smallest absolute Gasteiger partial charge is 0.308 e. The number of nitro benzene ring substituents is 1. The summed E-state index contributed by atoms with van der Waals surface area (Å²) in [6, 6.07) is 13.7. The van der Waals surface area contributed by atoms with E-state index in [2.05, 4.69) is 0 Å². The molecule has 2 atom stereocenters. The second-order valence-corrected chi connectivity index (χ2v) is 7.36. The molecule has 1 heterocycles. The summed E-state index contributed by atoms with van der Waals surface area (Å²) in [6.07, 6.45) is 0. The van der Waals surface area contributed by atoms with Crippen LogP contribution in [0.5, 0.6) is 0 Å². The van der Waals surface area contributed by atoms with Gasteiger partial charge in [0.05, 0.1) is 10.8 Å². The number of hydrogen-bond donors (Lipinski definition) is 1. The summed E-state index contributed by atoms with van der Waals surface area (Å²) in [5.74, 6) is -2.41. The lowest BCUT2D eigenvalue weighted by Gasteiger charge is -2.17. The van der Waals surface area contributed by atoms with E-state index in [1.807, 2.05) is 44.2 Å². The zero-order valence-electron chi connectivity index (χ0n) is 15.7. The van der Waals surface area contributed by atoms with E-state index in [1.54, 1.807) is 12.1 Å². The van der Waals surface area contributed by atoms with Crippen LogP contribution in [0.4, 0.5) is 5.69 Å². The third-order valence-electron chi connectivity index (χ3n) is 5.25. The number of nitrogens with zero attached hydrogens (tertiary/aromatic N) is 2. The number of carbonyl (C=O) groups is 2. The third kappa shape index (κ3) is 3.74. The number of carboxylic acid groups (broad SMARTS) is 1. The summed E-state index contributed by atoms with van der Waals surface area (Å²) in [5, 5.41) is 21.0. The lowest BCUT2D eigenvalue weighted by molar-refractivity contribution is -0.385. The molecule has 1 aliphatic heterocycles. The molecule has 7 nitrogen and oxygen atoms in total. The Bertz CT molecular complexity index is 910. The lowest BCUT2D eigenvalue weighted by atomic mass is 9.89. The molecule has 0 aliphatic carbocycles. The Hall–Kier alpha value is -3.22. The minimum Gasteiger partial charge on any atom is -0.481 e. The minimum absolute atomic E-state index is 0.0461. The lowest BCUT2D eigenvalue weighted by Crippen LogP contribution is -2.30. The van der Waals surface area contributed by atoms with Gasteiger partial charge in [-0.2, -0.15) is 0 Å². The first-order valence-corrected chi connectivity index (χ1v) is 9.15. The molecule has 0 bridgehead atoms. The highest BCUT2D eigenvalue weighted by Crippen LogP contribution is 2.34. The fraction of sp³-hybridized carbons (Fsp3) is 0.333. The molecule has 1 amide bonds. The summed E-state index contributed by atoms with van der Waals surface area (Å²) < 4.78 is 0. The molecular formula is C21H22N2O5. The summed E-state index contributed by atoms with van der Waals surface area (Å²) >= 11 is 0. The van der Waals surface area contributed by atoms with E-state index in [0.717, 1.165) is 5.56 Å². The number of benzene rings is 2. The highest BCUT2D eigenvalue weighted by molar-refractivity contribution is 5.95. The molecule has 0 unspecified atom stereocenters. The van der Waals surface area contributed by atoms with Crippen LogP contribution in [0, 0.1) is 16.0 Å². The Balaban J connectivity index is 1.90. The van der Waals surface area contributed by atoms with Crippen molar-refractivity contribution in [2.75, 3.05) is 13.1 Å². The number of likely N-dealkylation sites (tertiary alicyclic amines) is 1. The van der Waals surface area contributed by atoms with Crippen molar-refractivity contribution in [3.05, 3.63) is 75.3 Å². The molecule has 1 fully saturated rings. The van der Waals surface area contributed by atoms with Gasteiger partial charge in [0.1, 0.15) is 0 Å². The third-order valence-corrected chi connectivity index (χ3v) is 5.25. The number of nitro groups is 1. The number of carbonyl (C=O) groups excluding carboxylic acids is 1. The molecule has 0 radical (unpaired) electrons. The van der Waals surface area contributed by atoms with Gasteiger partial charge in [0, 0.05) is 36.2 Å². The molecule has 2 aromatic carbocycles. The monoisotopic (exact) mass is 382 g/mol. The van der Waals surface area contributed by atoms with Crippen molar-refractivity contribution >= 4 is 17.6 Å².